The summed E-state index contributed by atoms with van der Waals surface area (Å²) in [6.07, 6.45) is 8.55. The van der Waals surface area contributed by atoms with Crippen molar-refractivity contribution in [3.8, 4) is 0 Å². The monoisotopic (exact) mass is 309 g/mol. The fourth-order valence-electron chi connectivity index (χ4n) is 3.61. The number of anilines is 2. The lowest BCUT2D eigenvalue weighted by atomic mass is 10.0. The van der Waals surface area contributed by atoms with E-state index in [-0.39, 0.29) is 11.8 Å². The largest absolute Gasteiger partial charge is 0.371 e. The van der Waals surface area contributed by atoms with Crippen LogP contribution in [0.4, 0.5) is 11.4 Å². The number of nitrogens with zero attached hydrogens (tertiary/aromatic N) is 2. The maximum Gasteiger partial charge on any atom is 0.227 e. The molecule has 2 unspecified atom stereocenters. The minimum Gasteiger partial charge on any atom is -0.371 e. The summed E-state index contributed by atoms with van der Waals surface area (Å²) in [5, 5.41) is 5.33. The first kappa shape index (κ1) is 14.5. The molecule has 1 aliphatic heterocycles. The summed E-state index contributed by atoms with van der Waals surface area (Å²) >= 11 is 0. The Kier molecular flexibility index (Phi) is 3.68. The third kappa shape index (κ3) is 2.78. The van der Waals surface area contributed by atoms with Crippen LogP contribution in [0.2, 0.25) is 0 Å². The molecule has 2 aliphatic rings. The molecular weight excluding hydrogens is 286 g/mol. The molecule has 1 amide bonds. The second kappa shape index (κ2) is 5.84. The van der Waals surface area contributed by atoms with Gasteiger partial charge < -0.3 is 10.2 Å². The van der Waals surface area contributed by atoms with Crippen molar-refractivity contribution in [3.05, 3.63) is 30.6 Å². The van der Waals surface area contributed by atoms with Gasteiger partial charge in [0.25, 0.3) is 0 Å². The number of nitrogens with one attached hydrogen (secondary N) is 1. The first-order valence-electron chi connectivity index (χ1n) is 8.66. The van der Waals surface area contributed by atoms with Gasteiger partial charge in [-0.2, -0.15) is 0 Å². The number of carbonyl (C=O) groups is 1. The van der Waals surface area contributed by atoms with Crippen molar-refractivity contribution in [2.75, 3.05) is 23.3 Å². The van der Waals surface area contributed by atoms with E-state index < -0.39 is 0 Å². The average molecular weight is 309 g/mol. The molecule has 2 atom stereocenters. The molecule has 1 aromatic heterocycles. The van der Waals surface area contributed by atoms with E-state index in [0.29, 0.717) is 5.92 Å². The Balaban J connectivity index is 1.68. The summed E-state index contributed by atoms with van der Waals surface area (Å²) in [5.74, 6) is 0.851. The Morgan fingerprint density at radius 2 is 1.96 bits per heavy atom. The van der Waals surface area contributed by atoms with Gasteiger partial charge in [0, 0.05) is 47.9 Å². The van der Waals surface area contributed by atoms with Crippen LogP contribution in [-0.4, -0.2) is 24.0 Å². The maximum absolute atomic E-state index is 12.3. The lowest BCUT2D eigenvalue weighted by Gasteiger charge is -2.30. The van der Waals surface area contributed by atoms with E-state index in [2.05, 4.69) is 34.3 Å². The van der Waals surface area contributed by atoms with Gasteiger partial charge in [-0.15, -0.1) is 0 Å². The van der Waals surface area contributed by atoms with E-state index in [1.165, 1.54) is 30.3 Å². The highest BCUT2D eigenvalue weighted by atomic mass is 16.2. The van der Waals surface area contributed by atoms with Crippen molar-refractivity contribution in [1.82, 2.24) is 4.98 Å². The van der Waals surface area contributed by atoms with Gasteiger partial charge in [-0.05, 0) is 49.8 Å². The Morgan fingerprint density at radius 1 is 1.17 bits per heavy atom. The second-order valence-electron chi connectivity index (χ2n) is 6.91. The Labute approximate surface area is 136 Å². The van der Waals surface area contributed by atoms with E-state index in [1.54, 1.807) is 0 Å². The van der Waals surface area contributed by atoms with Gasteiger partial charge in [-0.1, -0.05) is 6.92 Å². The highest BCUT2D eigenvalue weighted by Gasteiger charge is 2.39. The van der Waals surface area contributed by atoms with E-state index in [1.807, 2.05) is 18.5 Å². The molecule has 23 heavy (non-hydrogen) atoms. The molecule has 1 aliphatic carbocycles. The van der Waals surface area contributed by atoms with Crippen molar-refractivity contribution < 1.29 is 4.79 Å². The first-order valence-corrected chi connectivity index (χ1v) is 8.66. The molecule has 2 heterocycles. The number of hydrogen-bond donors (Lipinski definition) is 1. The predicted octanol–water partition coefficient (Wildman–Crippen LogP) is 3.82. The lowest BCUT2D eigenvalue weighted by molar-refractivity contribution is -0.117. The van der Waals surface area contributed by atoms with Crippen molar-refractivity contribution in [3.63, 3.8) is 0 Å². The number of carbonyl (C=O) groups excluding carboxylic acids is 1. The zero-order chi connectivity index (χ0) is 15.8. The third-order valence-electron chi connectivity index (χ3n) is 5.20. The molecule has 1 aromatic carbocycles. The Hall–Kier alpha value is -2.10. The zero-order valence-electron chi connectivity index (χ0n) is 13.6. The van der Waals surface area contributed by atoms with Crippen molar-refractivity contribution in [2.45, 2.75) is 32.6 Å². The van der Waals surface area contributed by atoms with Crippen LogP contribution in [0.1, 0.15) is 32.6 Å². The van der Waals surface area contributed by atoms with E-state index >= 15 is 0 Å². The molecule has 4 rings (SSSR count). The number of rotatable bonds is 3. The van der Waals surface area contributed by atoms with Crippen molar-refractivity contribution >= 4 is 28.1 Å². The highest BCUT2D eigenvalue weighted by Crippen LogP contribution is 2.39. The molecule has 0 bridgehead atoms. The summed E-state index contributed by atoms with van der Waals surface area (Å²) in [4.78, 5) is 19.0. The first-order chi connectivity index (χ1) is 11.2. The van der Waals surface area contributed by atoms with E-state index in [9.17, 15) is 4.79 Å². The quantitative estimate of drug-likeness (QED) is 0.937. The molecular formula is C19H23N3O. The number of aromatic nitrogens is 1. The Bertz CT molecular complexity index is 736. The molecule has 1 saturated carbocycles. The van der Waals surface area contributed by atoms with E-state index in [4.69, 9.17) is 0 Å². The third-order valence-corrected chi connectivity index (χ3v) is 5.20. The molecule has 2 aromatic rings. The summed E-state index contributed by atoms with van der Waals surface area (Å²) in [6.45, 7) is 4.36. The van der Waals surface area contributed by atoms with Crippen LogP contribution in [0, 0.1) is 11.8 Å². The van der Waals surface area contributed by atoms with Crippen LogP contribution in [0.5, 0.6) is 0 Å². The second-order valence-corrected chi connectivity index (χ2v) is 6.91. The van der Waals surface area contributed by atoms with Gasteiger partial charge in [-0.25, -0.2) is 0 Å². The average Bonchev–Trinajstić information content (AvgIpc) is 3.33. The van der Waals surface area contributed by atoms with Crippen LogP contribution in [-0.2, 0) is 4.79 Å². The fourth-order valence-corrected chi connectivity index (χ4v) is 3.61. The summed E-state index contributed by atoms with van der Waals surface area (Å²) < 4.78 is 0. The van der Waals surface area contributed by atoms with E-state index in [0.717, 1.165) is 30.6 Å². The molecule has 4 nitrogen and oxygen atoms in total. The van der Waals surface area contributed by atoms with Crippen molar-refractivity contribution in [1.29, 1.82) is 0 Å². The van der Waals surface area contributed by atoms with Gasteiger partial charge >= 0.3 is 0 Å². The molecule has 1 N–H and O–H groups in total. The van der Waals surface area contributed by atoms with Gasteiger partial charge in [0.2, 0.25) is 5.91 Å². The standard InChI is InChI=1S/C19H23N3O/c1-13-11-15(13)19(23)21-17-5-6-18(22-9-3-2-4-10-22)14-7-8-20-12-16(14)17/h5-8,12-13,15H,2-4,9-11H2,1H3,(H,21,23). The minimum absolute atomic E-state index is 0.147. The minimum atomic E-state index is 0.147. The predicted molar refractivity (Wildman–Crippen MR) is 93.7 cm³/mol. The Morgan fingerprint density at radius 3 is 2.70 bits per heavy atom. The van der Waals surface area contributed by atoms with Gasteiger partial charge in [0.05, 0.1) is 5.69 Å². The van der Waals surface area contributed by atoms with Gasteiger partial charge in [0.15, 0.2) is 0 Å². The smallest absolute Gasteiger partial charge is 0.227 e. The SMILES string of the molecule is CC1CC1C(=O)Nc1ccc(N2CCCCC2)c2ccncc12. The number of piperidine rings is 1. The number of benzene rings is 1. The van der Waals surface area contributed by atoms with Crippen LogP contribution >= 0.6 is 0 Å². The molecule has 2 fully saturated rings. The lowest BCUT2D eigenvalue weighted by Crippen LogP contribution is -2.29. The van der Waals surface area contributed by atoms with Gasteiger partial charge in [0.1, 0.15) is 0 Å². The number of hydrogen-bond acceptors (Lipinski definition) is 3. The normalized spacial score (nSPS) is 23.8. The number of pyridine rings is 1. The van der Waals surface area contributed by atoms with Crippen LogP contribution in [0.15, 0.2) is 30.6 Å². The molecule has 0 spiro atoms. The van der Waals surface area contributed by atoms with Gasteiger partial charge in [-0.3, -0.25) is 9.78 Å². The topological polar surface area (TPSA) is 45.2 Å². The fraction of sp³-hybridized carbons (Fsp3) is 0.474. The molecule has 0 radical (unpaired) electrons. The maximum atomic E-state index is 12.3. The molecule has 1 saturated heterocycles. The summed E-state index contributed by atoms with van der Waals surface area (Å²) in [6, 6.07) is 6.26. The highest BCUT2D eigenvalue weighted by molar-refractivity contribution is 6.07. The number of amides is 1. The summed E-state index contributed by atoms with van der Waals surface area (Å²) in [7, 11) is 0. The van der Waals surface area contributed by atoms with Crippen LogP contribution < -0.4 is 10.2 Å². The van der Waals surface area contributed by atoms with Crippen LogP contribution in [0.25, 0.3) is 10.8 Å². The number of fused-ring (bicyclic) bond motifs is 1. The zero-order valence-corrected chi connectivity index (χ0v) is 13.6. The van der Waals surface area contributed by atoms with Crippen molar-refractivity contribution in [2.24, 2.45) is 11.8 Å². The molecule has 120 valence electrons. The van der Waals surface area contributed by atoms with Crippen LogP contribution in [0.3, 0.4) is 0 Å². The molecule has 4 heteroatoms. The summed E-state index contributed by atoms with van der Waals surface area (Å²) in [5.41, 5.74) is 2.15.